The molecule has 0 aromatic heterocycles. The van der Waals surface area contributed by atoms with Crippen LogP contribution >= 0.6 is 44.1 Å². The zero-order chi connectivity index (χ0) is 13.2. The smallest absolute Gasteiger partial charge is 0.241 e. The van der Waals surface area contributed by atoms with Crippen LogP contribution in [-0.2, 0) is 10.0 Å². The minimum absolute atomic E-state index is 0.0641. The van der Waals surface area contributed by atoms with Crippen LogP contribution in [0.4, 0.5) is 5.69 Å². The van der Waals surface area contributed by atoms with E-state index in [4.69, 9.17) is 5.73 Å². The highest BCUT2D eigenvalue weighted by molar-refractivity contribution is 9.11. The molecule has 8 heteroatoms. The van der Waals surface area contributed by atoms with E-state index in [2.05, 4.69) is 48.8 Å². The Kier molecular flexibility index (Phi) is 4.94. The number of thiocarbonyl (C=S) groups is 1. The summed E-state index contributed by atoms with van der Waals surface area (Å²) in [5.41, 5.74) is 5.77. The quantitative estimate of drug-likeness (QED) is 0.760. The van der Waals surface area contributed by atoms with E-state index in [-0.39, 0.29) is 4.99 Å². The van der Waals surface area contributed by atoms with Gasteiger partial charge in [-0.05, 0) is 41.1 Å². The van der Waals surface area contributed by atoms with E-state index in [0.717, 1.165) is 4.47 Å². The third kappa shape index (κ3) is 3.90. The molecule has 0 radical (unpaired) electrons. The van der Waals surface area contributed by atoms with Crippen LogP contribution in [-0.4, -0.2) is 18.7 Å². The van der Waals surface area contributed by atoms with Crippen molar-refractivity contribution in [3.8, 4) is 0 Å². The van der Waals surface area contributed by atoms with E-state index in [0.29, 0.717) is 10.2 Å². The van der Waals surface area contributed by atoms with E-state index >= 15 is 0 Å². The Morgan fingerprint density at radius 3 is 2.53 bits per heavy atom. The number of sulfonamides is 1. The van der Waals surface area contributed by atoms with Crippen molar-refractivity contribution >= 4 is 64.8 Å². The largest absolute Gasteiger partial charge is 0.392 e. The second kappa shape index (κ2) is 5.64. The van der Waals surface area contributed by atoms with Crippen LogP contribution in [0.3, 0.4) is 0 Å². The third-order valence-corrected chi connectivity index (χ3v) is 5.39. The van der Waals surface area contributed by atoms with Gasteiger partial charge in [0.1, 0.15) is 5.25 Å². The Morgan fingerprint density at radius 1 is 1.47 bits per heavy atom. The summed E-state index contributed by atoms with van der Waals surface area (Å²) in [7, 11) is -3.61. The fourth-order valence-electron chi connectivity index (χ4n) is 0.967. The average Bonchev–Trinajstić information content (AvgIpc) is 2.21. The van der Waals surface area contributed by atoms with Gasteiger partial charge in [0, 0.05) is 8.95 Å². The molecule has 94 valence electrons. The summed E-state index contributed by atoms with van der Waals surface area (Å²) in [6.45, 7) is 1.44. The van der Waals surface area contributed by atoms with Crippen LogP contribution in [0.2, 0.25) is 0 Å². The van der Waals surface area contributed by atoms with Gasteiger partial charge in [-0.2, -0.15) is 0 Å². The molecule has 0 aliphatic heterocycles. The van der Waals surface area contributed by atoms with Gasteiger partial charge in [0.2, 0.25) is 10.0 Å². The molecule has 0 saturated heterocycles. The van der Waals surface area contributed by atoms with Crippen LogP contribution in [0.1, 0.15) is 6.92 Å². The molecule has 17 heavy (non-hydrogen) atoms. The van der Waals surface area contributed by atoms with Crippen molar-refractivity contribution in [2.75, 3.05) is 4.72 Å². The lowest BCUT2D eigenvalue weighted by atomic mass is 10.3. The zero-order valence-corrected chi connectivity index (χ0v) is 13.6. The van der Waals surface area contributed by atoms with Gasteiger partial charge in [-0.15, -0.1) is 0 Å². The highest BCUT2D eigenvalue weighted by Gasteiger charge is 2.23. The topological polar surface area (TPSA) is 72.2 Å². The standard InChI is InChI=1S/C9H10Br2N2O2S2/c1-5(9(12)16)17(14,15)13-8-3-2-6(10)4-7(8)11/h2-5,13H,1H3,(H2,12,16). The molecule has 1 unspecified atom stereocenters. The van der Waals surface area contributed by atoms with Gasteiger partial charge in [-0.3, -0.25) is 4.72 Å². The predicted molar refractivity (Wildman–Crippen MR) is 80.6 cm³/mol. The molecule has 1 aromatic carbocycles. The highest BCUT2D eigenvalue weighted by atomic mass is 79.9. The van der Waals surface area contributed by atoms with Crippen molar-refractivity contribution in [1.29, 1.82) is 0 Å². The lowest BCUT2D eigenvalue weighted by Crippen LogP contribution is -2.35. The number of halogens is 2. The maximum Gasteiger partial charge on any atom is 0.241 e. The van der Waals surface area contributed by atoms with Gasteiger partial charge in [-0.25, -0.2) is 8.42 Å². The summed E-state index contributed by atoms with van der Waals surface area (Å²) < 4.78 is 27.6. The Hall–Kier alpha value is -0.180. The number of nitrogens with two attached hydrogens (primary N) is 1. The molecule has 0 aliphatic carbocycles. The Bertz CT molecular complexity index is 546. The number of benzene rings is 1. The molecule has 0 fully saturated rings. The Morgan fingerprint density at radius 2 is 2.06 bits per heavy atom. The third-order valence-electron chi connectivity index (χ3n) is 2.05. The molecule has 0 heterocycles. The van der Waals surface area contributed by atoms with Gasteiger partial charge in [0.15, 0.2) is 0 Å². The summed E-state index contributed by atoms with van der Waals surface area (Å²) in [6.07, 6.45) is 0. The fraction of sp³-hybridized carbons (Fsp3) is 0.222. The predicted octanol–water partition coefficient (Wildman–Crippen LogP) is 2.63. The maximum absolute atomic E-state index is 11.9. The molecule has 0 saturated carbocycles. The Labute approximate surface area is 122 Å². The van der Waals surface area contributed by atoms with E-state index in [1.807, 2.05) is 0 Å². The SMILES string of the molecule is CC(C(N)=S)S(=O)(=O)Nc1ccc(Br)cc1Br. The number of hydrogen-bond acceptors (Lipinski definition) is 3. The maximum atomic E-state index is 11.9. The van der Waals surface area contributed by atoms with Crippen molar-refractivity contribution in [3.05, 3.63) is 27.1 Å². The normalized spacial score (nSPS) is 13.1. The van der Waals surface area contributed by atoms with Crippen molar-refractivity contribution in [2.24, 2.45) is 5.73 Å². The summed E-state index contributed by atoms with van der Waals surface area (Å²) >= 11 is 11.2. The molecular weight excluding hydrogens is 392 g/mol. The molecule has 4 nitrogen and oxygen atoms in total. The van der Waals surface area contributed by atoms with E-state index < -0.39 is 15.3 Å². The zero-order valence-electron chi connectivity index (χ0n) is 8.78. The van der Waals surface area contributed by atoms with Crippen LogP contribution < -0.4 is 10.5 Å². The van der Waals surface area contributed by atoms with Crippen molar-refractivity contribution in [3.63, 3.8) is 0 Å². The van der Waals surface area contributed by atoms with Gasteiger partial charge < -0.3 is 5.73 Å². The lowest BCUT2D eigenvalue weighted by Gasteiger charge is -2.14. The minimum Gasteiger partial charge on any atom is -0.392 e. The molecule has 1 atom stereocenters. The lowest BCUT2D eigenvalue weighted by molar-refractivity contribution is 0.598. The summed E-state index contributed by atoms with van der Waals surface area (Å²) in [6, 6.07) is 5.11. The molecule has 0 spiro atoms. The first kappa shape index (κ1) is 14.9. The number of rotatable bonds is 4. The molecule has 0 aliphatic rings. The Balaban J connectivity index is 3.02. The monoisotopic (exact) mass is 400 g/mol. The van der Waals surface area contributed by atoms with E-state index in [1.54, 1.807) is 18.2 Å². The number of hydrogen-bond donors (Lipinski definition) is 2. The first-order chi connectivity index (χ1) is 7.74. The van der Waals surface area contributed by atoms with Crippen LogP contribution in [0, 0.1) is 0 Å². The summed E-state index contributed by atoms with van der Waals surface area (Å²) in [5, 5.41) is -0.923. The van der Waals surface area contributed by atoms with Gasteiger partial charge >= 0.3 is 0 Å². The number of nitrogens with one attached hydrogen (secondary N) is 1. The molecule has 0 amide bonds. The second-order valence-electron chi connectivity index (χ2n) is 3.32. The average molecular weight is 402 g/mol. The van der Waals surface area contributed by atoms with E-state index in [1.165, 1.54) is 6.92 Å². The van der Waals surface area contributed by atoms with Gasteiger partial charge in [-0.1, -0.05) is 28.1 Å². The minimum atomic E-state index is -3.61. The van der Waals surface area contributed by atoms with Crippen LogP contribution in [0.25, 0.3) is 0 Å². The molecule has 3 N–H and O–H groups in total. The molecular formula is C9H10Br2N2O2S2. The summed E-state index contributed by atoms with van der Waals surface area (Å²) in [4.78, 5) is -0.0641. The summed E-state index contributed by atoms with van der Waals surface area (Å²) in [5.74, 6) is 0. The molecule has 1 rings (SSSR count). The molecule has 1 aromatic rings. The molecule has 0 bridgehead atoms. The van der Waals surface area contributed by atoms with Crippen LogP contribution in [0.15, 0.2) is 27.1 Å². The van der Waals surface area contributed by atoms with Gasteiger partial charge in [0.25, 0.3) is 0 Å². The highest BCUT2D eigenvalue weighted by Crippen LogP contribution is 2.27. The van der Waals surface area contributed by atoms with E-state index in [9.17, 15) is 8.42 Å². The van der Waals surface area contributed by atoms with Crippen molar-refractivity contribution < 1.29 is 8.42 Å². The van der Waals surface area contributed by atoms with Crippen molar-refractivity contribution in [2.45, 2.75) is 12.2 Å². The van der Waals surface area contributed by atoms with Gasteiger partial charge in [0.05, 0.1) is 10.7 Å². The number of anilines is 1. The first-order valence-corrected chi connectivity index (χ1v) is 8.04. The van der Waals surface area contributed by atoms with Crippen LogP contribution in [0.5, 0.6) is 0 Å². The fourth-order valence-corrected chi connectivity index (χ4v) is 3.59. The first-order valence-electron chi connectivity index (χ1n) is 4.50. The van der Waals surface area contributed by atoms with Crippen molar-refractivity contribution in [1.82, 2.24) is 0 Å². The second-order valence-corrected chi connectivity index (χ2v) is 7.56.